The van der Waals surface area contributed by atoms with E-state index in [1.165, 1.54) is 48.5 Å². The molecule has 192 valence electrons. The summed E-state index contributed by atoms with van der Waals surface area (Å²) in [6.07, 6.45) is 2.03. The molecule has 0 spiro atoms. The molecule has 0 aliphatic rings. The van der Waals surface area contributed by atoms with E-state index in [1.54, 1.807) is 13.8 Å². The van der Waals surface area contributed by atoms with E-state index in [0.717, 1.165) is 6.42 Å². The van der Waals surface area contributed by atoms with Crippen molar-refractivity contribution in [2.75, 3.05) is 6.61 Å². The lowest BCUT2D eigenvalue weighted by molar-refractivity contribution is -0.0285. The lowest BCUT2D eigenvalue weighted by Crippen LogP contribution is -2.35. The fourth-order valence-electron chi connectivity index (χ4n) is 3.11. The van der Waals surface area contributed by atoms with Crippen molar-refractivity contribution in [1.82, 2.24) is 12.3 Å². The average Bonchev–Trinajstić information content (AvgIpc) is 2.78. The maximum absolute atomic E-state index is 12.5. The minimum atomic E-state index is -1.12. The normalized spacial score (nSPS) is 11.3. The first-order valence-corrected chi connectivity index (χ1v) is 10.6. The molecule has 2 aromatic rings. The Morgan fingerprint density at radius 3 is 1.74 bits per heavy atom. The lowest BCUT2D eigenvalue weighted by atomic mass is 9.88. The summed E-state index contributed by atoms with van der Waals surface area (Å²) in [5, 5.41) is 18.1. The number of unbranched alkanes of at least 4 members (excludes halogenated alkanes) is 1. The Morgan fingerprint density at radius 2 is 1.26 bits per heavy atom. The molecule has 0 heterocycles. The number of aromatic carboxylic acids is 2. The highest BCUT2D eigenvalue weighted by atomic mass is 16.6. The second kappa shape index (κ2) is 13.8. The topological polar surface area (TPSA) is 197 Å². The molecule has 2 rings (SSSR count). The zero-order valence-electron chi connectivity index (χ0n) is 20.3. The second-order valence-corrected chi connectivity index (χ2v) is 8.30. The van der Waals surface area contributed by atoms with Crippen molar-refractivity contribution in [1.29, 1.82) is 0 Å². The summed E-state index contributed by atoms with van der Waals surface area (Å²) in [4.78, 5) is 46.7. The number of hydrogen-bond acceptors (Lipinski definition) is 8. The first-order chi connectivity index (χ1) is 15.5. The summed E-state index contributed by atoms with van der Waals surface area (Å²) in [7, 11) is 0. The monoisotopic (exact) mass is 490 g/mol. The van der Waals surface area contributed by atoms with E-state index < -0.39 is 29.5 Å². The van der Waals surface area contributed by atoms with Crippen LogP contribution in [0.1, 0.15) is 81.5 Å². The molecule has 35 heavy (non-hydrogen) atoms. The smallest absolute Gasteiger partial charge is 0.338 e. The van der Waals surface area contributed by atoms with Gasteiger partial charge in [-0.25, -0.2) is 19.2 Å². The SMILES string of the molecule is CC(CCCCOC(=O)c1cccc(C(=O)O)c1)C(C)(C)OC(=O)c1cccc(C(=O)O)c1.N.N. The van der Waals surface area contributed by atoms with Crippen molar-refractivity contribution in [2.24, 2.45) is 5.92 Å². The Kier molecular flexibility index (Phi) is 12.3. The molecule has 0 amide bonds. The van der Waals surface area contributed by atoms with Gasteiger partial charge in [0.2, 0.25) is 0 Å². The molecule has 1 unspecified atom stereocenters. The molecule has 1 atom stereocenters. The molecule has 0 aromatic heterocycles. The van der Waals surface area contributed by atoms with Gasteiger partial charge in [0.25, 0.3) is 0 Å². The van der Waals surface area contributed by atoms with Crippen molar-refractivity contribution in [3.8, 4) is 0 Å². The van der Waals surface area contributed by atoms with Crippen molar-refractivity contribution < 1.29 is 38.9 Å². The maximum Gasteiger partial charge on any atom is 0.338 e. The molecule has 0 fully saturated rings. The summed E-state index contributed by atoms with van der Waals surface area (Å²) >= 11 is 0. The van der Waals surface area contributed by atoms with Crippen LogP contribution in [0.15, 0.2) is 48.5 Å². The zero-order valence-corrected chi connectivity index (χ0v) is 20.3. The van der Waals surface area contributed by atoms with E-state index in [-0.39, 0.29) is 47.1 Å². The fourth-order valence-corrected chi connectivity index (χ4v) is 3.11. The standard InChI is InChI=1S/C25H28O8.2H3N/c1-16(25(2,3)33-24(31)20-12-7-10-18(15-20)22(28)29)8-4-5-13-32-23(30)19-11-6-9-17(14-19)21(26)27;;/h6-7,9-12,14-16H,4-5,8,13H2,1-3H3,(H,26,27)(H,28,29);2*1H3. The number of carbonyl (C=O) groups is 4. The van der Waals surface area contributed by atoms with Gasteiger partial charge in [-0.05, 0) is 75.4 Å². The average molecular weight is 491 g/mol. The maximum atomic E-state index is 12.5. The summed E-state index contributed by atoms with van der Waals surface area (Å²) < 4.78 is 10.9. The van der Waals surface area contributed by atoms with Crippen LogP contribution >= 0.6 is 0 Å². The van der Waals surface area contributed by atoms with E-state index in [4.69, 9.17) is 19.7 Å². The summed E-state index contributed by atoms with van der Waals surface area (Å²) in [5.41, 5.74) is -0.397. The Hall–Kier alpha value is -3.76. The molecule has 0 aliphatic heterocycles. The van der Waals surface area contributed by atoms with Crippen LogP contribution in [0.5, 0.6) is 0 Å². The Bertz CT molecular complexity index is 1040. The van der Waals surface area contributed by atoms with Crippen LogP contribution in [-0.4, -0.2) is 46.3 Å². The molecule has 0 bridgehead atoms. The number of carboxylic acids is 2. The largest absolute Gasteiger partial charge is 0.478 e. The summed E-state index contributed by atoms with van der Waals surface area (Å²) in [5.74, 6) is -3.41. The predicted octanol–water partition coefficient (Wildman–Crippen LogP) is 5.01. The Morgan fingerprint density at radius 1 is 0.800 bits per heavy atom. The molecule has 8 N–H and O–H groups in total. The van der Waals surface area contributed by atoms with Gasteiger partial charge in [0.1, 0.15) is 5.60 Å². The van der Waals surface area contributed by atoms with Crippen LogP contribution in [0.3, 0.4) is 0 Å². The number of benzene rings is 2. The molecule has 0 saturated heterocycles. The molecule has 0 radical (unpaired) electrons. The van der Waals surface area contributed by atoms with Gasteiger partial charge < -0.3 is 32.0 Å². The molecule has 0 aliphatic carbocycles. The van der Waals surface area contributed by atoms with Gasteiger partial charge in [0, 0.05) is 0 Å². The van der Waals surface area contributed by atoms with Crippen molar-refractivity contribution in [3.63, 3.8) is 0 Å². The fraction of sp³-hybridized carbons (Fsp3) is 0.360. The third kappa shape index (κ3) is 9.19. The summed E-state index contributed by atoms with van der Waals surface area (Å²) in [6, 6.07) is 11.4. The molecule has 10 heteroatoms. The second-order valence-electron chi connectivity index (χ2n) is 8.30. The van der Waals surface area contributed by atoms with Crippen LogP contribution in [0.25, 0.3) is 0 Å². The highest BCUT2D eigenvalue weighted by Crippen LogP contribution is 2.27. The van der Waals surface area contributed by atoms with Crippen molar-refractivity contribution in [3.05, 3.63) is 70.8 Å². The summed E-state index contributed by atoms with van der Waals surface area (Å²) in [6.45, 7) is 5.73. The van der Waals surface area contributed by atoms with Crippen LogP contribution in [0, 0.1) is 5.92 Å². The van der Waals surface area contributed by atoms with E-state index in [0.29, 0.717) is 12.8 Å². The van der Waals surface area contributed by atoms with Gasteiger partial charge in [-0.2, -0.15) is 0 Å². The van der Waals surface area contributed by atoms with Crippen LogP contribution < -0.4 is 12.3 Å². The first kappa shape index (κ1) is 31.2. The number of ether oxygens (including phenoxy) is 2. The molecule has 2 aromatic carbocycles. The third-order valence-electron chi connectivity index (χ3n) is 5.50. The first-order valence-electron chi connectivity index (χ1n) is 10.6. The van der Waals surface area contributed by atoms with E-state index in [1.807, 2.05) is 6.92 Å². The van der Waals surface area contributed by atoms with Crippen molar-refractivity contribution >= 4 is 23.9 Å². The van der Waals surface area contributed by atoms with Crippen LogP contribution in [0.2, 0.25) is 0 Å². The van der Waals surface area contributed by atoms with Gasteiger partial charge in [-0.15, -0.1) is 0 Å². The minimum absolute atomic E-state index is 0. The third-order valence-corrected chi connectivity index (χ3v) is 5.50. The van der Waals surface area contributed by atoms with E-state index in [2.05, 4.69) is 0 Å². The molecular formula is C25H34N2O8. The highest BCUT2D eigenvalue weighted by Gasteiger charge is 2.30. The van der Waals surface area contributed by atoms with Gasteiger partial charge in [-0.3, -0.25) is 0 Å². The van der Waals surface area contributed by atoms with E-state index in [9.17, 15) is 19.2 Å². The van der Waals surface area contributed by atoms with Gasteiger partial charge in [0.15, 0.2) is 0 Å². The quantitative estimate of drug-likeness (QED) is 0.245. The predicted molar refractivity (Wildman–Crippen MR) is 130 cm³/mol. The number of hydrogen-bond donors (Lipinski definition) is 4. The number of rotatable bonds is 11. The van der Waals surface area contributed by atoms with Gasteiger partial charge >= 0.3 is 23.9 Å². The van der Waals surface area contributed by atoms with Crippen molar-refractivity contribution in [2.45, 2.75) is 45.6 Å². The Balaban J connectivity index is 0.00000578. The Labute approximate surface area is 204 Å². The zero-order chi connectivity index (χ0) is 24.6. The van der Waals surface area contributed by atoms with Gasteiger partial charge in [-0.1, -0.05) is 19.1 Å². The number of carboxylic acid groups (broad SMARTS) is 2. The number of esters is 2. The highest BCUT2D eigenvalue weighted by molar-refractivity contribution is 5.95. The van der Waals surface area contributed by atoms with E-state index >= 15 is 0 Å². The molecule has 0 saturated carbocycles. The minimum Gasteiger partial charge on any atom is -0.478 e. The van der Waals surface area contributed by atoms with Crippen LogP contribution in [0.4, 0.5) is 0 Å². The molecular weight excluding hydrogens is 456 g/mol. The van der Waals surface area contributed by atoms with Crippen LogP contribution in [-0.2, 0) is 9.47 Å². The lowest BCUT2D eigenvalue weighted by Gasteiger charge is -2.31. The molecule has 10 nitrogen and oxygen atoms in total. The van der Waals surface area contributed by atoms with Gasteiger partial charge in [0.05, 0.1) is 28.9 Å². The number of carbonyl (C=O) groups excluding carboxylic acids is 2.